The minimum atomic E-state index is -0.843. The first kappa shape index (κ1) is 13.2. The molecule has 0 aliphatic rings. The molecule has 0 saturated heterocycles. The zero-order valence-electron chi connectivity index (χ0n) is 9.68. The van der Waals surface area contributed by atoms with Gasteiger partial charge in [-0.1, -0.05) is 0 Å². The van der Waals surface area contributed by atoms with Crippen molar-refractivity contribution in [1.82, 2.24) is 0 Å². The van der Waals surface area contributed by atoms with Crippen molar-refractivity contribution in [1.29, 1.82) is 0 Å². The van der Waals surface area contributed by atoms with E-state index in [2.05, 4.69) is 5.32 Å². The van der Waals surface area contributed by atoms with Gasteiger partial charge in [0.2, 0.25) is 5.91 Å². The summed E-state index contributed by atoms with van der Waals surface area (Å²) in [7, 11) is 0. The normalized spacial score (nSPS) is 11.3. The molecule has 4 nitrogen and oxygen atoms in total. The van der Waals surface area contributed by atoms with Crippen LogP contribution in [-0.4, -0.2) is 12.5 Å². The number of rotatable bonds is 4. The number of nitrogens with one attached hydrogen (secondary N) is 1. The number of nitrogens with two attached hydrogens (primary N) is 2. The van der Waals surface area contributed by atoms with Crippen molar-refractivity contribution in [3.8, 4) is 0 Å². The monoisotopic (exact) mass is 243 g/mol. The van der Waals surface area contributed by atoms with E-state index in [0.717, 1.165) is 6.07 Å². The molecule has 0 aliphatic heterocycles. The van der Waals surface area contributed by atoms with E-state index in [1.54, 1.807) is 13.8 Å². The van der Waals surface area contributed by atoms with Crippen molar-refractivity contribution in [2.45, 2.75) is 13.8 Å². The van der Waals surface area contributed by atoms with Gasteiger partial charge in [0.15, 0.2) is 5.82 Å². The third-order valence-electron chi connectivity index (χ3n) is 2.48. The average molecular weight is 243 g/mol. The maximum atomic E-state index is 13.1. The van der Waals surface area contributed by atoms with Crippen LogP contribution in [0.1, 0.15) is 13.8 Å². The largest absolute Gasteiger partial charge is 0.395 e. The Balaban J connectivity index is 2.87. The molecular weight excluding hydrogens is 228 g/mol. The van der Waals surface area contributed by atoms with E-state index >= 15 is 0 Å². The Labute approximate surface area is 98.0 Å². The molecule has 0 spiro atoms. The molecule has 1 amide bonds. The van der Waals surface area contributed by atoms with Crippen molar-refractivity contribution < 1.29 is 13.6 Å². The molecule has 6 heteroatoms. The van der Waals surface area contributed by atoms with Crippen LogP contribution in [0.25, 0.3) is 0 Å². The number of hydrogen-bond donors (Lipinski definition) is 3. The van der Waals surface area contributed by atoms with E-state index in [1.165, 1.54) is 0 Å². The zero-order chi connectivity index (χ0) is 13.2. The summed E-state index contributed by atoms with van der Waals surface area (Å²) in [4.78, 5) is 11.1. The van der Waals surface area contributed by atoms with Crippen molar-refractivity contribution in [2.24, 2.45) is 11.1 Å². The smallest absolute Gasteiger partial charge is 0.224 e. The summed E-state index contributed by atoms with van der Waals surface area (Å²) in [5.41, 5.74) is 9.69. The number of carbonyl (C=O) groups excluding carboxylic acids is 1. The van der Waals surface area contributed by atoms with Gasteiger partial charge in [0.25, 0.3) is 0 Å². The van der Waals surface area contributed by atoms with Gasteiger partial charge in [0.1, 0.15) is 5.82 Å². The molecule has 0 radical (unpaired) electrons. The molecule has 0 fully saturated rings. The predicted molar refractivity (Wildman–Crippen MR) is 62.2 cm³/mol. The summed E-state index contributed by atoms with van der Waals surface area (Å²) in [6.07, 6.45) is 0. The molecule has 1 aromatic carbocycles. The number of nitrogen functional groups attached to an aromatic ring is 1. The third-order valence-corrected chi connectivity index (χ3v) is 2.48. The van der Waals surface area contributed by atoms with E-state index < -0.39 is 23.0 Å². The molecule has 1 aromatic rings. The Morgan fingerprint density at radius 3 is 2.53 bits per heavy atom. The molecule has 1 rings (SSSR count). The van der Waals surface area contributed by atoms with Crippen molar-refractivity contribution in [3.63, 3.8) is 0 Å². The van der Waals surface area contributed by atoms with Gasteiger partial charge in [-0.05, 0) is 19.9 Å². The quantitative estimate of drug-likeness (QED) is 0.700. The molecule has 0 saturated carbocycles. The highest BCUT2D eigenvalue weighted by molar-refractivity contribution is 5.81. The first-order chi connectivity index (χ1) is 7.74. The molecule has 0 heterocycles. The van der Waals surface area contributed by atoms with E-state index in [4.69, 9.17) is 11.5 Å². The second-order valence-electron chi connectivity index (χ2n) is 4.45. The van der Waals surface area contributed by atoms with E-state index in [9.17, 15) is 13.6 Å². The minimum Gasteiger partial charge on any atom is -0.395 e. The Kier molecular flexibility index (Phi) is 3.55. The fourth-order valence-corrected chi connectivity index (χ4v) is 1.13. The summed E-state index contributed by atoms with van der Waals surface area (Å²) in [6, 6.07) is 1.76. The van der Waals surface area contributed by atoms with Gasteiger partial charge in [0, 0.05) is 12.6 Å². The molecule has 5 N–H and O–H groups in total. The third kappa shape index (κ3) is 3.05. The molecule has 0 aromatic heterocycles. The lowest BCUT2D eigenvalue weighted by atomic mass is 9.92. The van der Waals surface area contributed by atoms with Gasteiger partial charge in [-0.3, -0.25) is 4.79 Å². The average Bonchev–Trinajstić information content (AvgIpc) is 2.21. The second kappa shape index (κ2) is 4.57. The molecule has 0 unspecified atom stereocenters. The molecule has 0 atom stereocenters. The first-order valence-electron chi connectivity index (χ1n) is 5.02. The number of benzene rings is 1. The topological polar surface area (TPSA) is 81.1 Å². The molecule has 17 heavy (non-hydrogen) atoms. The standard InChI is InChI=1S/C11H15F2N3O/c1-11(2,10(15)17)5-16-8-4-6(12)3-7(13)9(8)14/h3-4,16H,5,14H2,1-2H3,(H2,15,17). The van der Waals surface area contributed by atoms with Gasteiger partial charge >= 0.3 is 0 Å². The number of carbonyl (C=O) groups is 1. The van der Waals surface area contributed by atoms with Crippen LogP contribution in [0, 0.1) is 17.0 Å². The first-order valence-corrected chi connectivity index (χ1v) is 5.02. The molecule has 94 valence electrons. The summed E-state index contributed by atoms with van der Waals surface area (Å²) >= 11 is 0. The second-order valence-corrected chi connectivity index (χ2v) is 4.45. The molecule has 0 aliphatic carbocycles. The van der Waals surface area contributed by atoms with Crippen LogP contribution in [0.4, 0.5) is 20.2 Å². The fourth-order valence-electron chi connectivity index (χ4n) is 1.13. The summed E-state index contributed by atoms with van der Waals surface area (Å²) in [6.45, 7) is 3.37. The van der Waals surface area contributed by atoms with Gasteiger partial charge in [0.05, 0.1) is 16.8 Å². The van der Waals surface area contributed by atoms with Gasteiger partial charge in [-0.15, -0.1) is 0 Å². The number of hydrogen-bond acceptors (Lipinski definition) is 3. The maximum Gasteiger partial charge on any atom is 0.224 e. The highest BCUT2D eigenvalue weighted by atomic mass is 19.1. The van der Waals surface area contributed by atoms with Crippen LogP contribution >= 0.6 is 0 Å². The van der Waals surface area contributed by atoms with Crippen LogP contribution in [-0.2, 0) is 4.79 Å². The van der Waals surface area contributed by atoms with E-state index in [0.29, 0.717) is 6.07 Å². The lowest BCUT2D eigenvalue weighted by Gasteiger charge is -2.22. The van der Waals surface area contributed by atoms with Crippen LogP contribution in [0.3, 0.4) is 0 Å². The Bertz CT molecular complexity index is 447. The van der Waals surface area contributed by atoms with Crippen LogP contribution in [0.2, 0.25) is 0 Å². The zero-order valence-corrected chi connectivity index (χ0v) is 9.68. The van der Waals surface area contributed by atoms with Crippen LogP contribution < -0.4 is 16.8 Å². The fraction of sp³-hybridized carbons (Fsp3) is 0.364. The lowest BCUT2D eigenvalue weighted by Crippen LogP contribution is -2.37. The van der Waals surface area contributed by atoms with Crippen LogP contribution in [0.15, 0.2) is 12.1 Å². The number of primary amides is 1. The minimum absolute atomic E-state index is 0.108. The van der Waals surface area contributed by atoms with Gasteiger partial charge in [-0.25, -0.2) is 8.78 Å². The predicted octanol–water partition coefficient (Wildman–Crippen LogP) is 1.47. The summed E-state index contributed by atoms with van der Waals surface area (Å²) < 4.78 is 26.1. The van der Waals surface area contributed by atoms with Crippen LogP contribution in [0.5, 0.6) is 0 Å². The highest BCUT2D eigenvalue weighted by Crippen LogP contribution is 2.25. The van der Waals surface area contributed by atoms with Crippen molar-refractivity contribution >= 4 is 17.3 Å². The Morgan fingerprint density at radius 2 is 2.00 bits per heavy atom. The maximum absolute atomic E-state index is 13.1. The number of amides is 1. The lowest BCUT2D eigenvalue weighted by molar-refractivity contribution is -0.125. The van der Waals surface area contributed by atoms with Crippen molar-refractivity contribution in [3.05, 3.63) is 23.8 Å². The summed E-state index contributed by atoms with van der Waals surface area (Å²) in [5, 5.41) is 2.71. The number of anilines is 2. The summed E-state index contributed by atoms with van der Waals surface area (Å²) in [5.74, 6) is -2.10. The SMILES string of the molecule is CC(C)(CNc1cc(F)cc(F)c1N)C(N)=O. The van der Waals surface area contributed by atoms with E-state index in [1.807, 2.05) is 0 Å². The van der Waals surface area contributed by atoms with E-state index in [-0.39, 0.29) is 17.9 Å². The highest BCUT2D eigenvalue weighted by Gasteiger charge is 2.25. The van der Waals surface area contributed by atoms with Crippen molar-refractivity contribution in [2.75, 3.05) is 17.6 Å². The Hall–Kier alpha value is -1.85. The van der Waals surface area contributed by atoms with Gasteiger partial charge < -0.3 is 16.8 Å². The molecular formula is C11H15F2N3O. The number of halogens is 2. The Morgan fingerprint density at radius 1 is 1.41 bits per heavy atom. The molecule has 0 bridgehead atoms. The van der Waals surface area contributed by atoms with Gasteiger partial charge in [-0.2, -0.15) is 0 Å².